The van der Waals surface area contributed by atoms with Crippen LogP contribution in [-0.2, 0) is 15.1 Å². The summed E-state index contributed by atoms with van der Waals surface area (Å²) in [6.07, 6.45) is -0.633. The summed E-state index contributed by atoms with van der Waals surface area (Å²) in [5, 5.41) is 0. The van der Waals surface area contributed by atoms with Crippen molar-refractivity contribution in [2.45, 2.75) is 5.54 Å². The van der Waals surface area contributed by atoms with Crippen LogP contribution in [0.15, 0.2) is 91.0 Å². The van der Waals surface area contributed by atoms with Crippen molar-refractivity contribution < 1.29 is 14.3 Å². The van der Waals surface area contributed by atoms with Crippen LogP contribution in [0.1, 0.15) is 16.7 Å². The monoisotopic (exact) mass is 343 g/mol. The molecule has 4 heteroatoms. The summed E-state index contributed by atoms with van der Waals surface area (Å²) in [4.78, 5) is 26.6. The van der Waals surface area contributed by atoms with Crippen LogP contribution in [0.25, 0.3) is 0 Å². The van der Waals surface area contributed by atoms with E-state index in [4.69, 9.17) is 4.74 Å². The molecule has 3 aromatic rings. The van der Waals surface area contributed by atoms with Crippen LogP contribution in [0, 0.1) is 0 Å². The van der Waals surface area contributed by atoms with Crippen LogP contribution in [-0.4, -0.2) is 23.5 Å². The third-order valence-electron chi connectivity index (χ3n) is 4.66. The van der Waals surface area contributed by atoms with Crippen LogP contribution in [0.2, 0.25) is 0 Å². The van der Waals surface area contributed by atoms with E-state index in [1.807, 2.05) is 91.0 Å². The molecule has 3 aromatic carbocycles. The molecule has 128 valence electrons. The minimum atomic E-state index is -1.09. The van der Waals surface area contributed by atoms with Gasteiger partial charge < -0.3 is 4.74 Å². The normalized spacial score (nSPS) is 14.4. The Kier molecular flexibility index (Phi) is 4.01. The summed E-state index contributed by atoms with van der Waals surface area (Å²) < 4.78 is 5.09. The first-order valence-electron chi connectivity index (χ1n) is 8.41. The molecule has 0 unspecified atom stereocenters. The van der Waals surface area contributed by atoms with E-state index < -0.39 is 11.6 Å². The van der Waals surface area contributed by atoms with Crippen molar-refractivity contribution in [1.29, 1.82) is 0 Å². The Labute approximate surface area is 151 Å². The van der Waals surface area contributed by atoms with Crippen molar-refractivity contribution in [1.82, 2.24) is 4.90 Å². The fourth-order valence-electron chi connectivity index (χ4n) is 3.60. The molecule has 0 saturated carbocycles. The summed E-state index contributed by atoms with van der Waals surface area (Å²) >= 11 is 0. The van der Waals surface area contributed by atoms with Crippen LogP contribution in [0.5, 0.6) is 0 Å². The minimum Gasteiger partial charge on any atom is -0.439 e. The third kappa shape index (κ3) is 2.39. The van der Waals surface area contributed by atoms with Gasteiger partial charge in [-0.1, -0.05) is 91.0 Å². The molecule has 0 atom stereocenters. The number of benzene rings is 3. The lowest BCUT2D eigenvalue weighted by Crippen LogP contribution is -2.50. The molecule has 0 bridgehead atoms. The lowest BCUT2D eigenvalue weighted by molar-refractivity contribution is -0.128. The van der Waals surface area contributed by atoms with Crippen molar-refractivity contribution in [2.24, 2.45) is 0 Å². The predicted octanol–water partition coefficient (Wildman–Crippen LogP) is 3.96. The summed E-state index contributed by atoms with van der Waals surface area (Å²) in [7, 11) is 0. The van der Waals surface area contributed by atoms with Crippen molar-refractivity contribution >= 4 is 12.0 Å². The Morgan fingerprint density at radius 2 is 1.04 bits per heavy atom. The van der Waals surface area contributed by atoms with E-state index in [9.17, 15) is 9.59 Å². The SMILES string of the molecule is O=C1COC(=O)N1C(c1ccccc1)(c1ccccc1)c1ccccc1. The fourth-order valence-corrected chi connectivity index (χ4v) is 3.60. The van der Waals surface area contributed by atoms with Crippen LogP contribution in [0.3, 0.4) is 0 Å². The Balaban J connectivity index is 2.11. The molecule has 0 aromatic heterocycles. The molecule has 4 rings (SSSR count). The molecule has 0 spiro atoms. The Hall–Kier alpha value is -3.40. The number of carbonyl (C=O) groups is 2. The first-order valence-corrected chi connectivity index (χ1v) is 8.41. The first kappa shape index (κ1) is 16.1. The van der Waals surface area contributed by atoms with Gasteiger partial charge in [-0.2, -0.15) is 0 Å². The van der Waals surface area contributed by atoms with Gasteiger partial charge in [-0.15, -0.1) is 0 Å². The van der Waals surface area contributed by atoms with E-state index in [-0.39, 0.29) is 12.5 Å². The standard InChI is InChI=1S/C22H17NO3/c24-20-16-26-21(25)23(20)22(17-10-4-1-5-11-17,18-12-6-2-7-13-18)19-14-8-3-9-15-19/h1-15H,16H2. The number of hydrogen-bond acceptors (Lipinski definition) is 3. The fraction of sp³-hybridized carbons (Fsp3) is 0.0909. The summed E-state index contributed by atoms with van der Waals surface area (Å²) in [5.74, 6) is -0.355. The lowest BCUT2D eigenvalue weighted by Gasteiger charge is -2.40. The number of cyclic esters (lactones) is 1. The minimum absolute atomic E-state index is 0.243. The van der Waals surface area contributed by atoms with Crippen LogP contribution in [0.4, 0.5) is 4.79 Å². The zero-order chi connectivity index (χ0) is 18.0. The first-order chi connectivity index (χ1) is 12.7. The number of nitrogens with zero attached hydrogens (tertiary/aromatic N) is 1. The molecule has 2 amide bonds. The highest BCUT2D eigenvalue weighted by Gasteiger charge is 2.51. The van der Waals surface area contributed by atoms with E-state index in [1.165, 1.54) is 4.90 Å². The molecule has 1 aliphatic rings. The molecule has 26 heavy (non-hydrogen) atoms. The van der Waals surface area contributed by atoms with Gasteiger partial charge in [0, 0.05) is 0 Å². The smallest absolute Gasteiger partial charge is 0.418 e. The van der Waals surface area contributed by atoms with Gasteiger partial charge in [-0.3, -0.25) is 4.79 Å². The third-order valence-corrected chi connectivity index (χ3v) is 4.66. The van der Waals surface area contributed by atoms with E-state index in [0.29, 0.717) is 0 Å². The molecule has 1 saturated heterocycles. The summed E-state index contributed by atoms with van der Waals surface area (Å²) in [6.45, 7) is -0.243. The van der Waals surface area contributed by atoms with Crippen molar-refractivity contribution in [2.75, 3.05) is 6.61 Å². The molecule has 4 nitrogen and oxygen atoms in total. The number of ether oxygens (including phenoxy) is 1. The zero-order valence-electron chi connectivity index (χ0n) is 14.0. The second-order valence-electron chi connectivity index (χ2n) is 6.09. The van der Waals surface area contributed by atoms with E-state index in [0.717, 1.165) is 16.7 Å². The Morgan fingerprint density at radius 3 is 1.35 bits per heavy atom. The maximum Gasteiger partial charge on any atom is 0.418 e. The number of imide groups is 1. The van der Waals surface area contributed by atoms with Gasteiger partial charge in [0.2, 0.25) is 0 Å². The van der Waals surface area contributed by atoms with Crippen molar-refractivity contribution in [3.63, 3.8) is 0 Å². The van der Waals surface area contributed by atoms with Gasteiger partial charge in [-0.25, -0.2) is 9.69 Å². The largest absolute Gasteiger partial charge is 0.439 e. The molecule has 1 aliphatic heterocycles. The van der Waals surface area contributed by atoms with Gasteiger partial charge in [0.05, 0.1) is 0 Å². The van der Waals surface area contributed by atoms with E-state index >= 15 is 0 Å². The average molecular weight is 343 g/mol. The highest BCUT2D eigenvalue weighted by Crippen LogP contribution is 2.43. The molecular formula is C22H17NO3. The second kappa shape index (κ2) is 6.48. The van der Waals surface area contributed by atoms with Gasteiger partial charge >= 0.3 is 6.09 Å². The van der Waals surface area contributed by atoms with Gasteiger partial charge in [0.15, 0.2) is 6.61 Å². The van der Waals surface area contributed by atoms with Gasteiger partial charge in [0.1, 0.15) is 5.54 Å². The van der Waals surface area contributed by atoms with Crippen LogP contribution < -0.4 is 0 Å². The van der Waals surface area contributed by atoms with Gasteiger partial charge in [-0.05, 0) is 16.7 Å². The molecule has 0 N–H and O–H groups in total. The number of amides is 2. The quantitative estimate of drug-likeness (QED) is 0.674. The average Bonchev–Trinajstić information content (AvgIpc) is 3.04. The second-order valence-corrected chi connectivity index (χ2v) is 6.09. The van der Waals surface area contributed by atoms with Crippen LogP contribution >= 0.6 is 0 Å². The highest BCUT2D eigenvalue weighted by molar-refractivity contribution is 6.00. The maximum atomic E-state index is 12.7. The van der Waals surface area contributed by atoms with Crippen molar-refractivity contribution in [3.05, 3.63) is 108 Å². The molecule has 0 radical (unpaired) electrons. The topological polar surface area (TPSA) is 46.6 Å². The number of hydrogen-bond donors (Lipinski definition) is 0. The zero-order valence-corrected chi connectivity index (χ0v) is 14.0. The lowest BCUT2D eigenvalue weighted by atomic mass is 9.75. The molecular weight excluding hydrogens is 326 g/mol. The van der Waals surface area contributed by atoms with E-state index in [1.54, 1.807) is 0 Å². The molecule has 1 fully saturated rings. The molecule has 0 aliphatic carbocycles. The van der Waals surface area contributed by atoms with Gasteiger partial charge in [0.25, 0.3) is 5.91 Å². The van der Waals surface area contributed by atoms with E-state index in [2.05, 4.69) is 0 Å². The Morgan fingerprint density at radius 1 is 0.654 bits per heavy atom. The highest BCUT2D eigenvalue weighted by atomic mass is 16.6. The number of carbonyl (C=O) groups excluding carboxylic acids is 2. The summed E-state index contributed by atoms with van der Waals surface area (Å²) in [6, 6.07) is 28.7. The molecule has 1 heterocycles. The Bertz CT molecular complexity index is 811. The maximum absolute atomic E-state index is 12.7. The predicted molar refractivity (Wildman–Crippen MR) is 97.4 cm³/mol. The van der Waals surface area contributed by atoms with Crippen molar-refractivity contribution in [3.8, 4) is 0 Å². The summed E-state index contributed by atoms with van der Waals surface area (Å²) in [5.41, 5.74) is 1.38. The number of rotatable bonds is 4.